The van der Waals surface area contributed by atoms with Gasteiger partial charge < -0.3 is 10.6 Å². The molecule has 2 aliphatic rings. The number of hydrogen-bond donors (Lipinski definition) is 2. The summed E-state index contributed by atoms with van der Waals surface area (Å²) in [6, 6.07) is 0.472. The van der Waals surface area contributed by atoms with E-state index in [-0.39, 0.29) is 6.03 Å². The number of rotatable bonds is 4. The van der Waals surface area contributed by atoms with Gasteiger partial charge in [-0.25, -0.2) is 4.79 Å². The molecule has 0 saturated heterocycles. The molecule has 2 saturated carbocycles. The summed E-state index contributed by atoms with van der Waals surface area (Å²) in [5, 5.41) is 6.11. The molecule has 0 aliphatic heterocycles. The first kappa shape index (κ1) is 13.1. The molecule has 0 atom stereocenters. The molecule has 0 aromatic heterocycles. The second kappa shape index (κ2) is 5.98. The predicted octanol–water partition coefficient (Wildman–Crippen LogP) is 2.90. The molecule has 3 nitrogen and oxygen atoms in total. The van der Waals surface area contributed by atoms with E-state index in [9.17, 15) is 4.79 Å². The van der Waals surface area contributed by atoms with Gasteiger partial charge in [0.1, 0.15) is 0 Å². The van der Waals surface area contributed by atoms with Crippen LogP contribution in [0.5, 0.6) is 0 Å². The molecule has 2 fully saturated rings. The molecule has 0 aromatic rings. The molecule has 17 heavy (non-hydrogen) atoms. The molecule has 2 rings (SSSR count). The molecule has 98 valence electrons. The first-order valence-electron chi connectivity index (χ1n) is 6.84. The highest BCUT2D eigenvalue weighted by molar-refractivity contribution is 8.00. The van der Waals surface area contributed by atoms with Crippen molar-refractivity contribution >= 4 is 17.8 Å². The van der Waals surface area contributed by atoms with Crippen LogP contribution in [0.4, 0.5) is 4.79 Å². The molecule has 0 aromatic carbocycles. The van der Waals surface area contributed by atoms with Gasteiger partial charge >= 0.3 is 6.03 Å². The third kappa shape index (κ3) is 3.54. The van der Waals surface area contributed by atoms with Crippen LogP contribution in [0.1, 0.15) is 51.4 Å². The zero-order valence-corrected chi connectivity index (χ0v) is 11.6. The molecule has 0 unspecified atom stereocenters. The average molecular weight is 256 g/mol. The Bertz CT molecular complexity index is 260. The monoisotopic (exact) mass is 256 g/mol. The van der Waals surface area contributed by atoms with E-state index < -0.39 is 0 Å². The summed E-state index contributed by atoms with van der Waals surface area (Å²) in [7, 11) is 0. The molecule has 4 heteroatoms. The van der Waals surface area contributed by atoms with Crippen molar-refractivity contribution < 1.29 is 4.79 Å². The largest absolute Gasteiger partial charge is 0.337 e. The Kier molecular flexibility index (Phi) is 4.60. The smallest absolute Gasteiger partial charge is 0.315 e. The highest BCUT2D eigenvalue weighted by atomic mass is 32.2. The van der Waals surface area contributed by atoms with Crippen LogP contribution in [0.2, 0.25) is 0 Å². The van der Waals surface area contributed by atoms with Crippen molar-refractivity contribution in [2.75, 3.05) is 12.8 Å². The number of hydrogen-bond acceptors (Lipinski definition) is 2. The summed E-state index contributed by atoms with van der Waals surface area (Å²) in [5.74, 6) is 0. The lowest BCUT2D eigenvalue weighted by Gasteiger charge is -2.36. The standard InChI is InChI=1S/C13H24N2OS/c1-17-13(8-3-2-4-9-13)10-14-12(16)15-11-6-5-7-11/h11H,2-10H2,1H3,(H2,14,15,16). The minimum absolute atomic E-state index is 0.0358. The summed E-state index contributed by atoms with van der Waals surface area (Å²) in [5.41, 5.74) is 0. The maximum absolute atomic E-state index is 11.7. The van der Waals surface area contributed by atoms with Crippen molar-refractivity contribution in [3.63, 3.8) is 0 Å². The number of urea groups is 1. The van der Waals surface area contributed by atoms with Gasteiger partial charge in [0.05, 0.1) is 0 Å². The van der Waals surface area contributed by atoms with Crippen molar-refractivity contribution in [2.45, 2.75) is 62.2 Å². The molecule has 2 amide bonds. The van der Waals surface area contributed by atoms with E-state index in [1.807, 2.05) is 11.8 Å². The topological polar surface area (TPSA) is 41.1 Å². The van der Waals surface area contributed by atoms with Gasteiger partial charge in [0.2, 0.25) is 0 Å². The van der Waals surface area contributed by atoms with Gasteiger partial charge in [-0.3, -0.25) is 0 Å². The molecule has 2 N–H and O–H groups in total. The average Bonchev–Trinajstić information content (AvgIpc) is 2.32. The molecular weight excluding hydrogens is 232 g/mol. The van der Waals surface area contributed by atoms with Gasteiger partial charge in [0.15, 0.2) is 0 Å². The lowest BCUT2D eigenvalue weighted by Crippen LogP contribution is -2.49. The van der Waals surface area contributed by atoms with Gasteiger partial charge in [0.25, 0.3) is 0 Å². The highest BCUT2D eigenvalue weighted by Crippen LogP contribution is 2.37. The van der Waals surface area contributed by atoms with E-state index in [1.165, 1.54) is 38.5 Å². The normalized spacial score (nSPS) is 23.8. The number of nitrogens with one attached hydrogen (secondary N) is 2. The first-order valence-corrected chi connectivity index (χ1v) is 8.06. The van der Waals surface area contributed by atoms with Crippen LogP contribution in [0.25, 0.3) is 0 Å². The Morgan fingerprint density at radius 2 is 1.94 bits per heavy atom. The van der Waals surface area contributed by atoms with Crippen LogP contribution in [-0.2, 0) is 0 Å². The van der Waals surface area contributed by atoms with Gasteiger partial charge in [-0.15, -0.1) is 0 Å². The summed E-state index contributed by atoms with van der Waals surface area (Å²) in [6.07, 6.45) is 12.2. The summed E-state index contributed by atoms with van der Waals surface area (Å²) in [6.45, 7) is 0.826. The SMILES string of the molecule is CSC1(CNC(=O)NC2CCC2)CCCCC1. The van der Waals surface area contributed by atoms with Gasteiger partial charge in [-0.1, -0.05) is 19.3 Å². The summed E-state index contributed by atoms with van der Waals surface area (Å²) in [4.78, 5) is 11.7. The van der Waals surface area contributed by atoms with Crippen molar-refractivity contribution in [1.29, 1.82) is 0 Å². The van der Waals surface area contributed by atoms with E-state index in [0.717, 1.165) is 19.4 Å². The predicted molar refractivity (Wildman–Crippen MR) is 73.5 cm³/mol. The summed E-state index contributed by atoms with van der Waals surface area (Å²) >= 11 is 1.93. The van der Waals surface area contributed by atoms with Gasteiger partial charge in [-0.2, -0.15) is 11.8 Å². The van der Waals surface area contributed by atoms with E-state index >= 15 is 0 Å². The van der Waals surface area contributed by atoms with Crippen molar-refractivity contribution in [2.24, 2.45) is 0 Å². The lowest BCUT2D eigenvalue weighted by atomic mass is 9.88. The Labute approximate surface area is 108 Å². The third-order valence-electron chi connectivity index (χ3n) is 4.21. The van der Waals surface area contributed by atoms with E-state index in [0.29, 0.717) is 10.8 Å². The van der Waals surface area contributed by atoms with Crippen LogP contribution in [-0.4, -0.2) is 29.6 Å². The van der Waals surface area contributed by atoms with E-state index in [2.05, 4.69) is 16.9 Å². The quantitative estimate of drug-likeness (QED) is 0.812. The van der Waals surface area contributed by atoms with E-state index in [1.54, 1.807) is 0 Å². The van der Waals surface area contributed by atoms with Crippen LogP contribution in [0.3, 0.4) is 0 Å². The maximum Gasteiger partial charge on any atom is 0.315 e. The van der Waals surface area contributed by atoms with Crippen LogP contribution in [0, 0.1) is 0 Å². The fraction of sp³-hybridized carbons (Fsp3) is 0.923. The number of carbonyl (C=O) groups is 1. The molecule has 0 radical (unpaired) electrons. The maximum atomic E-state index is 11.7. The number of thioether (sulfide) groups is 1. The fourth-order valence-electron chi connectivity index (χ4n) is 2.68. The second-order valence-corrected chi connectivity index (χ2v) is 6.68. The first-order chi connectivity index (χ1) is 8.24. The Balaban J connectivity index is 1.72. The van der Waals surface area contributed by atoms with E-state index in [4.69, 9.17) is 0 Å². The number of amides is 2. The van der Waals surface area contributed by atoms with Crippen molar-refractivity contribution in [3.05, 3.63) is 0 Å². The lowest BCUT2D eigenvalue weighted by molar-refractivity contribution is 0.226. The van der Waals surface area contributed by atoms with Crippen LogP contribution >= 0.6 is 11.8 Å². The van der Waals surface area contributed by atoms with Gasteiger partial charge in [-0.05, 0) is 38.4 Å². The minimum Gasteiger partial charge on any atom is -0.337 e. The minimum atomic E-state index is 0.0358. The summed E-state index contributed by atoms with van der Waals surface area (Å²) < 4.78 is 0.301. The Morgan fingerprint density at radius 1 is 1.24 bits per heavy atom. The molecule has 0 bridgehead atoms. The zero-order valence-electron chi connectivity index (χ0n) is 10.8. The zero-order chi connectivity index (χ0) is 12.1. The second-order valence-electron chi connectivity index (χ2n) is 5.40. The molecular formula is C13H24N2OS. The molecule has 2 aliphatic carbocycles. The van der Waals surface area contributed by atoms with Crippen LogP contribution < -0.4 is 10.6 Å². The molecule has 0 heterocycles. The third-order valence-corrected chi connectivity index (χ3v) is 5.63. The highest BCUT2D eigenvalue weighted by Gasteiger charge is 2.31. The fourth-order valence-corrected chi connectivity index (χ4v) is 3.59. The Morgan fingerprint density at radius 3 is 2.47 bits per heavy atom. The van der Waals surface area contributed by atoms with Crippen molar-refractivity contribution in [1.82, 2.24) is 10.6 Å². The Hall–Kier alpha value is -0.380. The molecule has 0 spiro atoms. The van der Waals surface area contributed by atoms with Crippen LogP contribution in [0.15, 0.2) is 0 Å². The van der Waals surface area contributed by atoms with Gasteiger partial charge in [0, 0.05) is 17.3 Å². The van der Waals surface area contributed by atoms with Crippen molar-refractivity contribution in [3.8, 4) is 0 Å². The number of carbonyl (C=O) groups excluding carboxylic acids is 1.